The molecule has 0 atom stereocenters. The van der Waals surface area contributed by atoms with Crippen LogP contribution in [0.2, 0.25) is 10.5 Å². The minimum absolute atomic E-state index is 0.250. The van der Waals surface area contributed by atoms with E-state index in [1.807, 2.05) is 0 Å². The minimum atomic E-state index is 0.250. The van der Waals surface area contributed by atoms with Crippen molar-refractivity contribution in [3.63, 3.8) is 0 Å². The van der Waals surface area contributed by atoms with Crippen molar-refractivity contribution in [2.24, 2.45) is 0 Å². The maximum Gasteiger partial charge on any atom is 0.0402 e. The standard InChI is InChI=1S/C8H18Ge.C2H6O/c1-3-5-7-9-8-6-4-2;1-2-3/h3-8H2,1-2H3;3H,2H2,1H3. The molecule has 74 valence electrons. The fourth-order valence-corrected chi connectivity index (χ4v) is 3.79. The Bertz CT molecular complexity index is 51.8. The number of rotatable bonds is 6. The zero-order valence-corrected chi connectivity index (χ0v) is 11.0. The number of aliphatic hydroxyl groups is 1. The molecule has 1 nitrogen and oxygen atoms in total. The third-order valence-corrected chi connectivity index (χ3v) is 4.38. The molecule has 0 aromatic carbocycles. The molecule has 12 heavy (non-hydrogen) atoms. The Morgan fingerprint density at radius 1 is 0.917 bits per heavy atom. The van der Waals surface area contributed by atoms with Crippen molar-refractivity contribution in [3.05, 3.63) is 0 Å². The van der Waals surface area contributed by atoms with Crippen LogP contribution in [-0.4, -0.2) is 27.1 Å². The molecule has 0 aliphatic carbocycles. The Morgan fingerprint density at radius 3 is 1.50 bits per heavy atom. The topological polar surface area (TPSA) is 20.2 Å². The van der Waals surface area contributed by atoms with Gasteiger partial charge in [-0.05, 0) is 6.92 Å². The van der Waals surface area contributed by atoms with E-state index in [9.17, 15) is 0 Å². The Labute approximate surface area is 84.4 Å². The van der Waals surface area contributed by atoms with Gasteiger partial charge in [-0.2, -0.15) is 0 Å². The van der Waals surface area contributed by atoms with E-state index in [2.05, 4.69) is 13.8 Å². The Kier molecular flexibility index (Phi) is 21.9. The second-order valence-corrected chi connectivity index (χ2v) is 5.92. The number of unbranched alkanes of at least 4 members (excludes halogenated alkanes) is 2. The first kappa shape index (κ1) is 15.0. The van der Waals surface area contributed by atoms with Gasteiger partial charge in [0, 0.05) is 6.61 Å². The van der Waals surface area contributed by atoms with E-state index in [0.29, 0.717) is 15.4 Å². The quantitative estimate of drug-likeness (QED) is 0.551. The van der Waals surface area contributed by atoms with E-state index in [4.69, 9.17) is 5.11 Å². The second-order valence-electron chi connectivity index (χ2n) is 2.77. The van der Waals surface area contributed by atoms with Gasteiger partial charge in [0.05, 0.1) is 0 Å². The van der Waals surface area contributed by atoms with Gasteiger partial charge in [-0.25, -0.2) is 0 Å². The van der Waals surface area contributed by atoms with Crippen LogP contribution in [0.25, 0.3) is 0 Å². The zero-order valence-electron chi connectivity index (χ0n) is 8.90. The molecule has 2 radical (unpaired) electrons. The van der Waals surface area contributed by atoms with Crippen LogP contribution >= 0.6 is 0 Å². The SMILES string of the molecule is CCC[CH2][Ge][CH2]CCC.CCO. The van der Waals surface area contributed by atoms with E-state index < -0.39 is 0 Å². The van der Waals surface area contributed by atoms with Crippen molar-refractivity contribution in [1.29, 1.82) is 0 Å². The smallest absolute Gasteiger partial charge is 0.0402 e. The van der Waals surface area contributed by atoms with Gasteiger partial charge in [0.15, 0.2) is 0 Å². The van der Waals surface area contributed by atoms with Crippen LogP contribution in [0.5, 0.6) is 0 Å². The summed E-state index contributed by atoms with van der Waals surface area (Å²) >= 11 is 0.496. The molecule has 2 heteroatoms. The molecule has 0 rings (SSSR count). The van der Waals surface area contributed by atoms with Crippen LogP contribution in [0, 0.1) is 0 Å². The van der Waals surface area contributed by atoms with Gasteiger partial charge in [0.25, 0.3) is 0 Å². The molecule has 0 bridgehead atoms. The summed E-state index contributed by atoms with van der Waals surface area (Å²) in [4.78, 5) is 0. The molecule has 0 unspecified atom stereocenters. The van der Waals surface area contributed by atoms with Gasteiger partial charge >= 0.3 is 65.5 Å². The van der Waals surface area contributed by atoms with Gasteiger partial charge in [0.1, 0.15) is 0 Å². The van der Waals surface area contributed by atoms with Crippen molar-refractivity contribution >= 4 is 15.4 Å². The third-order valence-electron chi connectivity index (χ3n) is 1.41. The largest absolute Gasteiger partial charge is 0.397 e. The predicted octanol–water partition coefficient (Wildman–Crippen LogP) is 3.13. The Morgan fingerprint density at radius 2 is 1.25 bits per heavy atom. The van der Waals surface area contributed by atoms with Crippen LogP contribution in [0.15, 0.2) is 0 Å². The average Bonchev–Trinajstić information content (AvgIpc) is 2.06. The summed E-state index contributed by atoms with van der Waals surface area (Å²) in [7, 11) is 0. The molecule has 0 amide bonds. The Balaban J connectivity index is 0. The molecule has 0 spiro atoms. The first-order chi connectivity index (χ1) is 5.83. The molecule has 0 aromatic rings. The Hall–Kier alpha value is 0.503. The average molecular weight is 233 g/mol. The molecule has 1 N–H and O–H groups in total. The van der Waals surface area contributed by atoms with E-state index in [0.717, 1.165) is 0 Å². The van der Waals surface area contributed by atoms with Crippen molar-refractivity contribution in [2.75, 3.05) is 6.61 Å². The first-order valence-corrected chi connectivity index (χ1v) is 8.11. The molecule has 0 fully saturated rings. The summed E-state index contributed by atoms with van der Waals surface area (Å²) in [6, 6.07) is 0. The molecule has 0 heterocycles. The minimum Gasteiger partial charge on any atom is -0.397 e. The zero-order chi connectivity index (χ0) is 9.66. The normalized spacial score (nSPS) is 9.00. The molecule has 0 aliphatic heterocycles. The fraction of sp³-hybridized carbons (Fsp3) is 1.00. The summed E-state index contributed by atoms with van der Waals surface area (Å²) in [5.41, 5.74) is 0. The monoisotopic (exact) mass is 234 g/mol. The summed E-state index contributed by atoms with van der Waals surface area (Å²) in [6.45, 7) is 6.50. The number of hydrogen-bond acceptors (Lipinski definition) is 1. The molecule has 0 saturated heterocycles. The third kappa shape index (κ3) is 22.4. The van der Waals surface area contributed by atoms with E-state index in [1.165, 1.54) is 25.7 Å². The van der Waals surface area contributed by atoms with Gasteiger partial charge in [-0.1, -0.05) is 0 Å². The summed E-state index contributed by atoms with van der Waals surface area (Å²) in [6.07, 6.45) is 5.78. The van der Waals surface area contributed by atoms with Crippen LogP contribution in [0.4, 0.5) is 0 Å². The van der Waals surface area contributed by atoms with Crippen molar-refractivity contribution < 1.29 is 5.11 Å². The summed E-state index contributed by atoms with van der Waals surface area (Å²) in [5, 5.41) is 10.7. The van der Waals surface area contributed by atoms with Crippen LogP contribution in [0.3, 0.4) is 0 Å². The van der Waals surface area contributed by atoms with Gasteiger partial charge in [-0.15, -0.1) is 0 Å². The van der Waals surface area contributed by atoms with Gasteiger partial charge in [0.2, 0.25) is 0 Å². The maximum atomic E-state index is 7.57. The second kappa shape index (κ2) is 17.6. The number of hydrogen-bond donors (Lipinski definition) is 1. The molecular weight excluding hydrogens is 209 g/mol. The maximum absolute atomic E-state index is 7.57. The van der Waals surface area contributed by atoms with Gasteiger partial charge < -0.3 is 5.11 Å². The molecule has 0 aromatic heterocycles. The molecular formula is C10H24GeO. The van der Waals surface area contributed by atoms with E-state index in [1.54, 1.807) is 17.4 Å². The van der Waals surface area contributed by atoms with Crippen LogP contribution in [-0.2, 0) is 0 Å². The first-order valence-electron chi connectivity index (χ1n) is 5.14. The van der Waals surface area contributed by atoms with E-state index in [-0.39, 0.29) is 6.61 Å². The van der Waals surface area contributed by atoms with E-state index >= 15 is 0 Å². The van der Waals surface area contributed by atoms with Crippen molar-refractivity contribution in [3.8, 4) is 0 Å². The van der Waals surface area contributed by atoms with Crippen molar-refractivity contribution in [1.82, 2.24) is 0 Å². The summed E-state index contributed by atoms with van der Waals surface area (Å²) < 4.78 is 0. The number of aliphatic hydroxyl groups excluding tert-OH is 1. The predicted molar refractivity (Wildman–Crippen MR) is 57.9 cm³/mol. The van der Waals surface area contributed by atoms with Crippen molar-refractivity contribution in [2.45, 2.75) is 57.0 Å². The molecule has 0 saturated carbocycles. The summed E-state index contributed by atoms with van der Waals surface area (Å²) in [5.74, 6) is 0. The van der Waals surface area contributed by atoms with Gasteiger partial charge in [-0.3, -0.25) is 0 Å². The fourth-order valence-electron chi connectivity index (χ4n) is 0.729. The molecule has 0 aliphatic rings. The van der Waals surface area contributed by atoms with Crippen LogP contribution < -0.4 is 0 Å². The van der Waals surface area contributed by atoms with Crippen LogP contribution in [0.1, 0.15) is 46.5 Å².